The third-order valence-corrected chi connectivity index (χ3v) is 6.77. The van der Waals surface area contributed by atoms with Crippen LogP contribution in [0.2, 0.25) is 0 Å². The molecular formula is C27H32O14. The lowest BCUT2D eigenvalue weighted by Crippen LogP contribution is -2.65. The number of hydrogen-bond donors (Lipinski definition) is 9. The Balaban J connectivity index is 1.42. The molecule has 9 N–H and O–H groups in total. The standard InChI is InChI=1S/C27H32O14/c28-10-18-20(33)21(34)23(36)27(39-18)41-25-19(11-29)40-26(24(37)22(25)35)38-14-6-7-15(17(32)9-14)16(31)8-3-12-1-4-13(30)5-2-12/h1-9,18-30,32-37H,10-11H2/b8-3+/t18-,19-,20-,21+,22-,23-,24-,25-,26-,27+/m1/s1. The van der Waals surface area contributed by atoms with Crippen LogP contribution in [0.5, 0.6) is 17.2 Å². The molecule has 224 valence electrons. The maximum absolute atomic E-state index is 12.5. The molecule has 2 aliphatic rings. The Bertz CT molecular complexity index is 1200. The molecule has 0 amide bonds. The van der Waals surface area contributed by atoms with Crippen molar-refractivity contribution >= 4 is 11.9 Å². The largest absolute Gasteiger partial charge is 0.508 e. The van der Waals surface area contributed by atoms with Crippen LogP contribution in [0.3, 0.4) is 0 Å². The van der Waals surface area contributed by atoms with Gasteiger partial charge in [0.05, 0.1) is 18.8 Å². The third-order valence-electron chi connectivity index (χ3n) is 6.77. The van der Waals surface area contributed by atoms with E-state index in [1.165, 1.54) is 36.4 Å². The van der Waals surface area contributed by atoms with Gasteiger partial charge in [-0.2, -0.15) is 0 Å². The molecule has 14 nitrogen and oxygen atoms in total. The summed E-state index contributed by atoms with van der Waals surface area (Å²) in [5, 5.41) is 90.4. The molecule has 2 saturated heterocycles. The highest BCUT2D eigenvalue weighted by Gasteiger charge is 2.51. The van der Waals surface area contributed by atoms with E-state index in [0.29, 0.717) is 5.56 Å². The van der Waals surface area contributed by atoms with Crippen molar-refractivity contribution in [3.05, 3.63) is 59.7 Å². The number of aliphatic hydroxyl groups is 7. The number of carbonyl (C=O) groups excluding carboxylic acids is 1. The first kappa shape index (κ1) is 30.8. The normalized spacial score (nSPS) is 34.0. The Kier molecular flexibility index (Phi) is 9.93. The zero-order valence-electron chi connectivity index (χ0n) is 21.5. The van der Waals surface area contributed by atoms with Gasteiger partial charge in [0.2, 0.25) is 6.29 Å². The van der Waals surface area contributed by atoms with Crippen LogP contribution >= 0.6 is 0 Å². The Labute approximate surface area is 233 Å². The molecule has 41 heavy (non-hydrogen) atoms. The van der Waals surface area contributed by atoms with Crippen molar-refractivity contribution in [3.8, 4) is 17.2 Å². The van der Waals surface area contributed by atoms with Crippen LogP contribution in [-0.4, -0.2) is 126 Å². The first-order valence-electron chi connectivity index (χ1n) is 12.6. The average molecular weight is 581 g/mol. The van der Waals surface area contributed by atoms with E-state index in [4.69, 9.17) is 18.9 Å². The van der Waals surface area contributed by atoms with Crippen molar-refractivity contribution in [2.45, 2.75) is 61.4 Å². The summed E-state index contributed by atoms with van der Waals surface area (Å²) in [5.41, 5.74) is 0.587. The maximum Gasteiger partial charge on any atom is 0.229 e. The molecule has 14 heteroatoms. The zero-order valence-corrected chi connectivity index (χ0v) is 21.5. The first-order valence-corrected chi connectivity index (χ1v) is 12.6. The number of phenolic OH excluding ortho intramolecular Hbond substituents is 2. The molecule has 2 aliphatic heterocycles. The number of phenols is 2. The van der Waals surface area contributed by atoms with E-state index in [0.717, 1.165) is 6.07 Å². The number of benzene rings is 2. The molecule has 2 heterocycles. The average Bonchev–Trinajstić information content (AvgIpc) is 2.96. The van der Waals surface area contributed by atoms with Gasteiger partial charge in [-0.1, -0.05) is 18.2 Å². The Morgan fingerprint density at radius 2 is 1.41 bits per heavy atom. The fourth-order valence-corrected chi connectivity index (χ4v) is 4.43. The molecule has 0 aliphatic carbocycles. The topological polar surface area (TPSA) is 236 Å². The summed E-state index contributed by atoms with van der Waals surface area (Å²) in [6.07, 6.45) is -13.4. The summed E-state index contributed by atoms with van der Waals surface area (Å²) >= 11 is 0. The number of aromatic hydroxyl groups is 2. The van der Waals surface area contributed by atoms with E-state index in [9.17, 15) is 50.8 Å². The molecule has 0 bridgehead atoms. The molecule has 0 aromatic heterocycles. The van der Waals surface area contributed by atoms with Crippen LogP contribution in [-0.2, 0) is 14.2 Å². The predicted octanol–water partition coefficient (Wildman–Crippen LogP) is -2.00. The SMILES string of the molecule is O=C(/C=C/c1ccc(O)cc1)c1ccc(O[C@@H]2O[C@H](CO)[C@@H](O[C@@H]3O[C@H](CO)[C@@H](O)[C@H](O)[C@H]3O)[C@H](O)[C@H]2O)cc1O. The van der Waals surface area contributed by atoms with Crippen LogP contribution in [0.15, 0.2) is 48.5 Å². The van der Waals surface area contributed by atoms with Gasteiger partial charge in [0.15, 0.2) is 12.1 Å². The second-order valence-corrected chi connectivity index (χ2v) is 9.59. The number of carbonyl (C=O) groups is 1. The van der Waals surface area contributed by atoms with Crippen LogP contribution < -0.4 is 4.74 Å². The highest BCUT2D eigenvalue weighted by molar-refractivity contribution is 6.08. The predicted molar refractivity (Wildman–Crippen MR) is 137 cm³/mol. The van der Waals surface area contributed by atoms with E-state index in [1.807, 2.05) is 0 Å². The van der Waals surface area contributed by atoms with Crippen molar-refractivity contribution < 1.29 is 69.7 Å². The zero-order chi connectivity index (χ0) is 29.8. The maximum atomic E-state index is 12.5. The fourth-order valence-electron chi connectivity index (χ4n) is 4.43. The number of aliphatic hydroxyl groups excluding tert-OH is 7. The lowest BCUT2D eigenvalue weighted by atomic mass is 9.97. The van der Waals surface area contributed by atoms with Gasteiger partial charge in [-0.15, -0.1) is 0 Å². The van der Waals surface area contributed by atoms with Crippen LogP contribution in [0.4, 0.5) is 0 Å². The first-order chi connectivity index (χ1) is 19.5. The highest BCUT2D eigenvalue weighted by atomic mass is 16.7. The summed E-state index contributed by atoms with van der Waals surface area (Å²) in [4.78, 5) is 12.5. The number of rotatable bonds is 9. The molecule has 0 unspecified atom stereocenters. The van der Waals surface area contributed by atoms with E-state index < -0.39 is 86.2 Å². The van der Waals surface area contributed by atoms with Crippen molar-refractivity contribution in [2.75, 3.05) is 13.2 Å². The van der Waals surface area contributed by atoms with Crippen molar-refractivity contribution in [3.63, 3.8) is 0 Å². The molecular weight excluding hydrogens is 548 g/mol. The van der Waals surface area contributed by atoms with E-state index >= 15 is 0 Å². The Hall–Kier alpha value is -3.15. The summed E-state index contributed by atoms with van der Waals surface area (Å²) < 4.78 is 21.9. The van der Waals surface area contributed by atoms with Gasteiger partial charge in [0.1, 0.15) is 66.1 Å². The fraction of sp³-hybridized carbons (Fsp3) is 0.444. The lowest BCUT2D eigenvalue weighted by Gasteiger charge is -2.45. The van der Waals surface area contributed by atoms with E-state index in [-0.39, 0.29) is 17.1 Å². The second kappa shape index (κ2) is 13.2. The number of ketones is 1. The Morgan fingerprint density at radius 1 is 0.780 bits per heavy atom. The van der Waals surface area contributed by atoms with Crippen LogP contribution in [0.25, 0.3) is 6.08 Å². The molecule has 2 aromatic rings. The van der Waals surface area contributed by atoms with Gasteiger partial charge >= 0.3 is 0 Å². The minimum atomic E-state index is -1.80. The number of ether oxygens (including phenoxy) is 4. The van der Waals surface area contributed by atoms with Gasteiger partial charge in [-0.05, 0) is 35.9 Å². The van der Waals surface area contributed by atoms with Gasteiger partial charge in [-0.3, -0.25) is 4.79 Å². The molecule has 0 radical (unpaired) electrons. The van der Waals surface area contributed by atoms with E-state index in [1.54, 1.807) is 12.1 Å². The molecule has 4 rings (SSSR count). The van der Waals surface area contributed by atoms with Gasteiger partial charge in [0, 0.05) is 6.07 Å². The summed E-state index contributed by atoms with van der Waals surface area (Å²) in [6.45, 7) is -1.47. The van der Waals surface area contributed by atoms with Crippen LogP contribution in [0.1, 0.15) is 15.9 Å². The minimum Gasteiger partial charge on any atom is -0.508 e. The minimum absolute atomic E-state index is 0.0530. The molecule has 2 aromatic carbocycles. The second-order valence-electron chi connectivity index (χ2n) is 9.59. The summed E-state index contributed by atoms with van der Waals surface area (Å²) in [5.74, 6) is -0.956. The summed E-state index contributed by atoms with van der Waals surface area (Å²) in [7, 11) is 0. The van der Waals surface area contributed by atoms with Gasteiger partial charge < -0.3 is 64.9 Å². The Morgan fingerprint density at radius 3 is 2.05 bits per heavy atom. The van der Waals surface area contributed by atoms with Crippen LogP contribution in [0, 0.1) is 0 Å². The van der Waals surface area contributed by atoms with Crippen molar-refractivity contribution in [1.29, 1.82) is 0 Å². The van der Waals surface area contributed by atoms with Crippen molar-refractivity contribution in [2.24, 2.45) is 0 Å². The van der Waals surface area contributed by atoms with Gasteiger partial charge in [-0.25, -0.2) is 0 Å². The quantitative estimate of drug-likeness (QED) is 0.115. The lowest BCUT2D eigenvalue weighted by molar-refractivity contribution is -0.352. The molecule has 0 saturated carbocycles. The molecule has 0 spiro atoms. The number of allylic oxidation sites excluding steroid dienone is 1. The van der Waals surface area contributed by atoms with Gasteiger partial charge in [0.25, 0.3) is 0 Å². The monoisotopic (exact) mass is 580 g/mol. The highest BCUT2D eigenvalue weighted by Crippen LogP contribution is 2.32. The summed E-state index contributed by atoms with van der Waals surface area (Å²) in [6, 6.07) is 9.78. The van der Waals surface area contributed by atoms with E-state index in [2.05, 4.69) is 0 Å². The third kappa shape index (κ3) is 6.85. The van der Waals surface area contributed by atoms with Crippen molar-refractivity contribution in [1.82, 2.24) is 0 Å². The smallest absolute Gasteiger partial charge is 0.229 e. The number of hydrogen-bond acceptors (Lipinski definition) is 14. The molecule has 10 atom stereocenters. The molecule has 2 fully saturated rings.